The molecule has 0 heterocycles. The Kier molecular flexibility index (Phi) is 6.84. The molecule has 140 valence electrons. The quantitative estimate of drug-likeness (QED) is 0.490. The van der Waals surface area contributed by atoms with Crippen molar-refractivity contribution in [3.63, 3.8) is 0 Å². The average molecular weight is 359 g/mol. The van der Waals surface area contributed by atoms with Gasteiger partial charge < -0.3 is 5.11 Å². The molecular weight excluding hydrogens is 328 g/mol. The first-order valence-corrected chi connectivity index (χ1v) is 10.2. The molecular formula is C26H30O. The maximum Gasteiger partial charge on any atom is 0.0434 e. The maximum absolute atomic E-state index is 8.99. The Hall–Kier alpha value is -2.38. The molecule has 0 spiro atoms. The average Bonchev–Trinajstić information content (AvgIpc) is 2.73. The summed E-state index contributed by atoms with van der Waals surface area (Å²) >= 11 is 0. The van der Waals surface area contributed by atoms with E-state index in [0.717, 1.165) is 25.7 Å². The molecule has 0 saturated carbocycles. The summed E-state index contributed by atoms with van der Waals surface area (Å²) in [6, 6.07) is 24.6. The Labute approximate surface area is 163 Å². The van der Waals surface area contributed by atoms with Crippen molar-refractivity contribution in [2.45, 2.75) is 46.0 Å². The van der Waals surface area contributed by atoms with Crippen LogP contribution >= 0.6 is 0 Å². The van der Waals surface area contributed by atoms with Gasteiger partial charge in [-0.15, -0.1) is 0 Å². The highest BCUT2D eigenvalue weighted by atomic mass is 16.2. The Morgan fingerprint density at radius 3 is 1.85 bits per heavy atom. The lowest BCUT2D eigenvalue weighted by Gasteiger charge is -2.12. The molecule has 0 bridgehead atoms. The summed E-state index contributed by atoms with van der Waals surface area (Å²) in [5.74, 6) is 0. The second-order valence-electron chi connectivity index (χ2n) is 7.20. The van der Waals surface area contributed by atoms with Crippen LogP contribution in [0.15, 0.2) is 66.7 Å². The summed E-state index contributed by atoms with van der Waals surface area (Å²) in [5.41, 5.74) is 9.24. The SMILES string of the molecule is CCCc1ccc(-c2ccc(-c3ccc(CCCO)cc3)c(CC)c2)cc1. The second-order valence-corrected chi connectivity index (χ2v) is 7.20. The van der Waals surface area contributed by atoms with Gasteiger partial charge in [-0.1, -0.05) is 87.0 Å². The molecule has 0 aliphatic rings. The van der Waals surface area contributed by atoms with Crippen LogP contribution in [0.5, 0.6) is 0 Å². The van der Waals surface area contributed by atoms with Gasteiger partial charge in [-0.25, -0.2) is 0 Å². The minimum absolute atomic E-state index is 0.253. The molecule has 1 nitrogen and oxygen atoms in total. The van der Waals surface area contributed by atoms with Crippen molar-refractivity contribution < 1.29 is 5.11 Å². The first-order chi connectivity index (χ1) is 13.2. The predicted molar refractivity (Wildman–Crippen MR) is 116 cm³/mol. The molecule has 3 aromatic rings. The van der Waals surface area contributed by atoms with Crippen LogP contribution in [0.2, 0.25) is 0 Å². The molecule has 0 amide bonds. The molecule has 0 aliphatic carbocycles. The van der Waals surface area contributed by atoms with Crippen molar-refractivity contribution >= 4 is 0 Å². The van der Waals surface area contributed by atoms with Crippen molar-refractivity contribution in [1.29, 1.82) is 0 Å². The third-order valence-electron chi connectivity index (χ3n) is 5.20. The highest BCUT2D eigenvalue weighted by molar-refractivity contribution is 5.74. The molecule has 1 heteroatoms. The third-order valence-corrected chi connectivity index (χ3v) is 5.20. The van der Waals surface area contributed by atoms with Crippen LogP contribution in [0.25, 0.3) is 22.3 Å². The number of aryl methyl sites for hydroxylation is 3. The lowest BCUT2D eigenvalue weighted by atomic mass is 9.92. The highest BCUT2D eigenvalue weighted by Crippen LogP contribution is 2.30. The zero-order valence-corrected chi connectivity index (χ0v) is 16.5. The molecule has 0 fully saturated rings. The number of aliphatic hydroxyl groups excluding tert-OH is 1. The molecule has 0 unspecified atom stereocenters. The molecule has 3 rings (SSSR count). The Morgan fingerprint density at radius 2 is 1.26 bits per heavy atom. The summed E-state index contributed by atoms with van der Waals surface area (Å²) in [4.78, 5) is 0. The van der Waals surface area contributed by atoms with Gasteiger partial charge in [0.2, 0.25) is 0 Å². The van der Waals surface area contributed by atoms with Crippen LogP contribution in [0.1, 0.15) is 43.4 Å². The first-order valence-electron chi connectivity index (χ1n) is 10.2. The van der Waals surface area contributed by atoms with Gasteiger partial charge in [0.1, 0.15) is 0 Å². The lowest BCUT2D eigenvalue weighted by Crippen LogP contribution is -1.92. The van der Waals surface area contributed by atoms with Crippen molar-refractivity contribution in [2.75, 3.05) is 6.61 Å². The van der Waals surface area contributed by atoms with Crippen LogP contribution in [-0.2, 0) is 19.3 Å². The van der Waals surface area contributed by atoms with E-state index in [0.29, 0.717) is 0 Å². The fourth-order valence-corrected chi connectivity index (χ4v) is 3.63. The lowest BCUT2D eigenvalue weighted by molar-refractivity contribution is 0.288. The van der Waals surface area contributed by atoms with Crippen molar-refractivity contribution in [1.82, 2.24) is 0 Å². The van der Waals surface area contributed by atoms with Gasteiger partial charge >= 0.3 is 0 Å². The summed E-state index contributed by atoms with van der Waals surface area (Å²) in [5, 5.41) is 8.99. The van der Waals surface area contributed by atoms with E-state index in [-0.39, 0.29) is 6.61 Å². The van der Waals surface area contributed by atoms with Crippen LogP contribution in [0.4, 0.5) is 0 Å². The van der Waals surface area contributed by atoms with E-state index < -0.39 is 0 Å². The van der Waals surface area contributed by atoms with Gasteiger partial charge in [0.25, 0.3) is 0 Å². The monoisotopic (exact) mass is 358 g/mol. The van der Waals surface area contributed by atoms with E-state index in [1.807, 2.05) is 0 Å². The molecule has 27 heavy (non-hydrogen) atoms. The van der Waals surface area contributed by atoms with Gasteiger partial charge in [0, 0.05) is 6.61 Å². The van der Waals surface area contributed by atoms with Crippen molar-refractivity contribution in [2.24, 2.45) is 0 Å². The van der Waals surface area contributed by atoms with E-state index in [4.69, 9.17) is 5.11 Å². The molecule has 0 aliphatic heterocycles. The fourth-order valence-electron chi connectivity index (χ4n) is 3.63. The molecule has 1 N–H and O–H groups in total. The van der Waals surface area contributed by atoms with Gasteiger partial charge in [0.15, 0.2) is 0 Å². The zero-order valence-electron chi connectivity index (χ0n) is 16.5. The van der Waals surface area contributed by atoms with E-state index >= 15 is 0 Å². The Bertz CT molecular complexity index is 844. The topological polar surface area (TPSA) is 20.2 Å². The van der Waals surface area contributed by atoms with E-state index in [2.05, 4.69) is 80.6 Å². The smallest absolute Gasteiger partial charge is 0.0434 e. The van der Waals surface area contributed by atoms with Gasteiger partial charge in [-0.2, -0.15) is 0 Å². The van der Waals surface area contributed by atoms with Crippen LogP contribution in [-0.4, -0.2) is 11.7 Å². The van der Waals surface area contributed by atoms with E-state index in [1.165, 1.54) is 45.4 Å². The number of hydrogen-bond donors (Lipinski definition) is 1. The largest absolute Gasteiger partial charge is 0.396 e. The second kappa shape index (κ2) is 9.53. The minimum atomic E-state index is 0.253. The molecule has 3 aromatic carbocycles. The third kappa shape index (κ3) is 4.87. The molecule has 0 aromatic heterocycles. The van der Waals surface area contributed by atoms with E-state index in [9.17, 15) is 0 Å². The van der Waals surface area contributed by atoms with E-state index in [1.54, 1.807) is 0 Å². The molecule has 0 saturated heterocycles. The Morgan fingerprint density at radius 1 is 0.667 bits per heavy atom. The maximum atomic E-state index is 8.99. The van der Waals surface area contributed by atoms with Crippen LogP contribution < -0.4 is 0 Å². The van der Waals surface area contributed by atoms with Crippen molar-refractivity contribution in [3.05, 3.63) is 83.4 Å². The first kappa shape index (κ1) is 19.4. The number of aliphatic hydroxyl groups is 1. The van der Waals surface area contributed by atoms with Crippen LogP contribution in [0, 0.1) is 0 Å². The summed E-state index contributed by atoms with van der Waals surface area (Å²) < 4.78 is 0. The standard InChI is InChI=1S/C26H30O/c1-3-6-20-8-12-23(13-9-20)25-16-17-26(22(4-2)19-25)24-14-10-21(11-15-24)7-5-18-27/h8-17,19,27H,3-7,18H2,1-2H3. The Balaban J connectivity index is 1.85. The predicted octanol–water partition coefficient (Wildman–Crippen LogP) is 6.46. The normalized spacial score (nSPS) is 10.9. The van der Waals surface area contributed by atoms with Gasteiger partial charge in [-0.05, 0) is 64.6 Å². The fraction of sp³-hybridized carbons (Fsp3) is 0.308. The summed E-state index contributed by atoms with van der Waals surface area (Å²) in [6.07, 6.45) is 5.11. The zero-order chi connectivity index (χ0) is 19.1. The summed E-state index contributed by atoms with van der Waals surface area (Å²) in [6.45, 7) is 4.70. The number of benzene rings is 3. The number of hydrogen-bond acceptors (Lipinski definition) is 1. The number of rotatable bonds is 8. The molecule has 0 radical (unpaired) electrons. The molecule has 0 atom stereocenters. The van der Waals surface area contributed by atoms with Crippen LogP contribution in [0.3, 0.4) is 0 Å². The summed E-state index contributed by atoms with van der Waals surface area (Å²) in [7, 11) is 0. The van der Waals surface area contributed by atoms with Gasteiger partial charge in [0.05, 0.1) is 0 Å². The van der Waals surface area contributed by atoms with Gasteiger partial charge in [-0.3, -0.25) is 0 Å². The van der Waals surface area contributed by atoms with Crippen molar-refractivity contribution in [3.8, 4) is 22.3 Å². The minimum Gasteiger partial charge on any atom is -0.396 e. The highest BCUT2D eigenvalue weighted by Gasteiger charge is 2.07.